The van der Waals surface area contributed by atoms with Crippen molar-refractivity contribution < 1.29 is 9.90 Å². The van der Waals surface area contributed by atoms with Crippen molar-refractivity contribution in [2.75, 3.05) is 18.5 Å². The van der Waals surface area contributed by atoms with Gasteiger partial charge >= 0.3 is 5.97 Å². The first kappa shape index (κ1) is 11.6. The number of benzene rings is 1. The summed E-state index contributed by atoms with van der Waals surface area (Å²) < 4.78 is 0. The summed E-state index contributed by atoms with van der Waals surface area (Å²) in [6.45, 7) is 1.05. The number of nitrogens with zero attached hydrogens (tertiary/aromatic N) is 1. The van der Waals surface area contributed by atoms with E-state index in [1.807, 2.05) is 0 Å². The van der Waals surface area contributed by atoms with Crippen molar-refractivity contribution in [1.82, 2.24) is 0 Å². The van der Waals surface area contributed by atoms with Crippen molar-refractivity contribution in [2.45, 2.75) is 31.6 Å². The van der Waals surface area contributed by atoms with Gasteiger partial charge in [0.05, 0.1) is 6.42 Å². The number of hydrogen-bond donors (Lipinski definition) is 1. The van der Waals surface area contributed by atoms with Crippen LogP contribution in [0.1, 0.15) is 36.3 Å². The van der Waals surface area contributed by atoms with Crippen LogP contribution in [0, 0.1) is 5.92 Å². The standard InChI is InChI=1S/C15H19NO2/c1-16-8-7-12-11(3-2-4-14(12)16)13(9-15(17)18)10-5-6-10/h2-4,10,13H,5-9H2,1H3,(H,17,18). The van der Waals surface area contributed by atoms with Crippen LogP contribution >= 0.6 is 0 Å². The minimum absolute atomic E-state index is 0.226. The number of rotatable bonds is 4. The van der Waals surface area contributed by atoms with Crippen LogP contribution in [0.25, 0.3) is 0 Å². The first-order chi connectivity index (χ1) is 8.66. The van der Waals surface area contributed by atoms with Crippen LogP contribution in [0.2, 0.25) is 0 Å². The molecule has 0 radical (unpaired) electrons. The van der Waals surface area contributed by atoms with E-state index >= 15 is 0 Å². The van der Waals surface area contributed by atoms with E-state index in [-0.39, 0.29) is 12.3 Å². The Balaban J connectivity index is 1.97. The number of fused-ring (bicyclic) bond motifs is 1. The second-order valence-corrected chi connectivity index (χ2v) is 5.56. The van der Waals surface area contributed by atoms with Crippen molar-refractivity contribution in [1.29, 1.82) is 0 Å². The maximum Gasteiger partial charge on any atom is 0.303 e. The Bertz CT molecular complexity index is 479. The Hall–Kier alpha value is -1.51. The van der Waals surface area contributed by atoms with Crippen LogP contribution in [-0.4, -0.2) is 24.7 Å². The van der Waals surface area contributed by atoms with Gasteiger partial charge in [-0.15, -0.1) is 0 Å². The van der Waals surface area contributed by atoms with Crippen LogP contribution in [0.4, 0.5) is 5.69 Å². The van der Waals surface area contributed by atoms with Crippen LogP contribution in [-0.2, 0) is 11.2 Å². The van der Waals surface area contributed by atoms with Crippen molar-refractivity contribution in [3.05, 3.63) is 29.3 Å². The summed E-state index contributed by atoms with van der Waals surface area (Å²) in [5.41, 5.74) is 3.98. The molecule has 1 saturated carbocycles. The summed E-state index contributed by atoms with van der Waals surface area (Å²) in [4.78, 5) is 13.3. The van der Waals surface area contributed by atoms with E-state index in [9.17, 15) is 4.79 Å². The first-order valence-electron chi connectivity index (χ1n) is 6.71. The average molecular weight is 245 g/mol. The third-order valence-corrected chi connectivity index (χ3v) is 4.28. The SMILES string of the molecule is CN1CCc2c(C(CC(=O)O)C3CC3)cccc21. The lowest BCUT2D eigenvalue weighted by Gasteiger charge is -2.19. The zero-order chi connectivity index (χ0) is 12.7. The van der Waals surface area contributed by atoms with Gasteiger partial charge < -0.3 is 10.0 Å². The number of carboxylic acids is 1. The summed E-state index contributed by atoms with van der Waals surface area (Å²) in [5.74, 6) is 0.151. The van der Waals surface area contributed by atoms with Gasteiger partial charge in [-0.3, -0.25) is 4.79 Å². The van der Waals surface area contributed by atoms with Crippen LogP contribution < -0.4 is 4.90 Å². The molecule has 1 fully saturated rings. The molecule has 0 amide bonds. The molecule has 0 bridgehead atoms. The largest absolute Gasteiger partial charge is 0.481 e. The molecule has 1 unspecified atom stereocenters. The fourth-order valence-corrected chi connectivity index (χ4v) is 3.19. The van der Waals surface area contributed by atoms with Gasteiger partial charge in [0, 0.05) is 19.3 Å². The van der Waals surface area contributed by atoms with E-state index in [0.29, 0.717) is 5.92 Å². The molecule has 1 heterocycles. The van der Waals surface area contributed by atoms with E-state index in [4.69, 9.17) is 5.11 Å². The number of likely N-dealkylation sites (N-methyl/N-ethyl adjacent to an activating group) is 1. The number of carboxylic acid groups (broad SMARTS) is 1. The lowest BCUT2D eigenvalue weighted by Crippen LogP contribution is -2.12. The highest BCUT2D eigenvalue weighted by atomic mass is 16.4. The minimum Gasteiger partial charge on any atom is -0.481 e. The van der Waals surface area contributed by atoms with E-state index in [0.717, 1.165) is 13.0 Å². The summed E-state index contributed by atoms with van der Waals surface area (Å²) in [5, 5.41) is 9.11. The zero-order valence-corrected chi connectivity index (χ0v) is 10.7. The fourth-order valence-electron chi connectivity index (χ4n) is 3.19. The molecule has 0 aromatic heterocycles. The molecule has 1 aromatic rings. The number of hydrogen-bond acceptors (Lipinski definition) is 2. The lowest BCUT2D eigenvalue weighted by atomic mass is 9.87. The van der Waals surface area contributed by atoms with Gasteiger partial charge in [-0.2, -0.15) is 0 Å². The van der Waals surface area contributed by atoms with Gasteiger partial charge in [0.25, 0.3) is 0 Å². The number of aliphatic carboxylic acids is 1. The molecule has 0 saturated heterocycles. The van der Waals surface area contributed by atoms with Crippen LogP contribution in [0.15, 0.2) is 18.2 Å². The van der Waals surface area contributed by atoms with Crippen LogP contribution in [0.3, 0.4) is 0 Å². The van der Waals surface area contributed by atoms with Crippen molar-refractivity contribution in [3.63, 3.8) is 0 Å². The molecule has 1 aliphatic heterocycles. The second kappa shape index (κ2) is 4.30. The maximum atomic E-state index is 11.1. The molecule has 1 aliphatic carbocycles. The third kappa shape index (κ3) is 1.98. The Morgan fingerprint density at radius 3 is 2.94 bits per heavy atom. The molecule has 96 valence electrons. The molecule has 0 spiro atoms. The molecule has 3 nitrogen and oxygen atoms in total. The second-order valence-electron chi connectivity index (χ2n) is 5.56. The summed E-state index contributed by atoms with van der Waals surface area (Å²) >= 11 is 0. The molecule has 3 rings (SSSR count). The molecule has 2 aliphatic rings. The van der Waals surface area contributed by atoms with E-state index in [2.05, 4.69) is 30.1 Å². The molecule has 1 N–H and O–H groups in total. The summed E-state index contributed by atoms with van der Waals surface area (Å²) in [6, 6.07) is 6.37. The van der Waals surface area contributed by atoms with E-state index < -0.39 is 5.97 Å². The van der Waals surface area contributed by atoms with E-state index in [1.54, 1.807) is 0 Å². The topological polar surface area (TPSA) is 40.5 Å². The van der Waals surface area contributed by atoms with E-state index in [1.165, 1.54) is 29.7 Å². The fraction of sp³-hybridized carbons (Fsp3) is 0.533. The zero-order valence-electron chi connectivity index (χ0n) is 10.7. The number of anilines is 1. The highest BCUT2D eigenvalue weighted by molar-refractivity contribution is 5.69. The van der Waals surface area contributed by atoms with Crippen molar-refractivity contribution in [2.24, 2.45) is 5.92 Å². The van der Waals surface area contributed by atoms with Gasteiger partial charge in [-0.25, -0.2) is 0 Å². The molecular weight excluding hydrogens is 226 g/mol. The third-order valence-electron chi connectivity index (χ3n) is 4.28. The Morgan fingerprint density at radius 1 is 1.50 bits per heavy atom. The highest BCUT2D eigenvalue weighted by Crippen LogP contribution is 2.47. The lowest BCUT2D eigenvalue weighted by molar-refractivity contribution is -0.137. The monoisotopic (exact) mass is 245 g/mol. The summed E-state index contributed by atoms with van der Waals surface area (Å²) in [6.07, 6.45) is 3.73. The van der Waals surface area contributed by atoms with Gasteiger partial charge in [0.1, 0.15) is 0 Å². The molecule has 18 heavy (non-hydrogen) atoms. The predicted molar refractivity (Wildman–Crippen MR) is 71.1 cm³/mol. The molecular formula is C15H19NO2. The summed E-state index contributed by atoms with van der Waals surface area (Å²) in [7, 11) is 2.11. The Kier molecular flexibility index (Phi) is 2.77. The molecule has 1 atom stereocenters. The van der Waals surface area contributed by atoms with Crippen LogP contribution in [0.5, 0.6) is 0 Å². The normalized spacial score (nSPS) is 19.7. The van der Waals surface area contributed by atoms with Gasteiger partial charge in [0.2, 0.25) is 0 Å². The van der Waals surface area contributed by atoms with Gasteiger partial charge in [0.15, 0.2) is 0 Å². The quantitative estimate of drug-likeness (QED) is 0.886. The number of carbonyl (C=O) groups is 1. The average Bonchev–Trinajstić information content (AvgIpc) is 3.11. The smallest absolute Gasteiger partial charge is 0.303 e. The first-order valence-corrected chi connectivity index (χ1v) is 6.71. The van der Waals surface area contributed by atoms with Gasteiger partial charge in [-0.05, 0) is 48.3 Å². The Morgan fingerprint density at radius 2 is 2.28 bits per heavy atom. The predicted octanol–water partition coefficient (Wildman–Crippen LogP) is 2.65. The van der Waals surface area contributed by atoms with Gasteiger partial charge in [-0.1, -0.05) is 12.1 Å². The minimum atomic E-state index is -0.671. The van der Waals surface area contributed by atoms with Crippen molar-refractivity contribution in [3.8, 4) is 0 Å². The molecule has 1 aromatic carbocycles. The highest BCUT2D eigenvalue weighted by Gasteiger charge is 2.36. The molecule has 3 heteroatoms. The van der Waals surface area contributed by atoms with Crippen molar-refractivity contribution >= 4 is 11.7 Å². The Labute approximate surface area is 107 Å². The maximum absolute atomic E-state index is 11.1.